The average molecular weight is 311 g/mol. The number of benzene rings is 1. The predicted octanol–water partition coefficient (Wildman–Crippen LogP) is 1.58. The molecule has 7 heteroatoms. The van der Waals surface area contributed by atoms with Crippen molar-refractivity contribution in [1.82, 2.24) is 5.32 Å². The highest BCUT2D eigenvalue weighted by atomic mass is 19.1. The van der Waals surface area contributed by atoms with E-state index in [2.05, 4.69) is 5.32 Å². The van der Waals surface area contributed by atoms with Gasteiger partial charge in [0.1, 0.15) is 11.9 Å². The number of aliphatic carboxylic acids is 2. The van der Waals surface area contributed by atoms with Gasteiger partial charge in [0.15, 0.2) is 0 Å². The first-order valence-corrected chi connectivity index (χ1v) is 6.87. The lowest BCUT2D eigenvalue weighted by Crippen LogP contribution is -2.41. The molecule has 120 valence electrons. The summed E-state index contributed by atoms with van der Waals surface area (Å²) < 4.78 is 12.7. The lowest BCUT2D eigenvalue weighted by atomic mass is 10.1. The molecule has 0 radical (unpaired) electrons. The fraction of sp³-hybridized carbons (Fsp3) is 0.400. The van der Waals surface area contributed by atoms with Crippen molar-refractivity contribution >= 4 is 17.8 Å². The molecule has 0 aliphatic rings. The molecule has 0 fully saturated rings. The van der Waals surface area contributed by atoms with Gasteiger partial charge in [0, 0.05) is 12.8 Å². The molecule has 0 aliphatic carbocycles. The Labute approximate surface area is 127 Å². The highest BCUT2D eigenvalue weighted by molar-refractivity contribution is 5.83. The fourth-order valence-electron chi connectivity index (χ4n) is 1.90. The number of carbonyl (C=O) groups excluding carboxylic acids is 1. The molecule has 1 aromatic rings. The molecule has 0 saturated carbocycles. The lowest BCUT2D eigenvalue weighted by Gasteiger charge is -2.13. The normalized spacial score (nSPS) is 11.7. The molecule has 0 heterocycles. The highest BCUT2D eigenvalue weighted by Gasteiger charge is 2.20. The predicted molar refractivity (Wildman–Crippen MR) is 75.8 cm³/mol. The van der Waals surface area contributed by atoms with E-state index in [1.54, 1.807) is 12.1 Å². The number of carboxylic acids is 2. The molecular formula is C15H18FNO5. The number of hydrogen-bond acceptors (Lipinski definition) is 3. The number of carbonyl (C=O) groups is 3. The molecule has 0 unspecified atom stereocenters. The first-order valence-electron chi connectivity index (χ1n) is 6.87. The van der Waals surface area contributed by atoms with Gasteiger partial charge in [-0.15, -0.1) is 0 Å². The Morgan fingerprint density at radius 3 is 2.27 bits per heavy atom. The molecule has 3 N–H and O–H groups in total. The number of rotatable bonds is 9. The van der Waals surface area contributed by atoms with Gasteiger partial charge in [0.2, 0.25) is 5.91 Å². The van der Waals surface area contributed by atoms with Crippen molar-refractivity contribution in [2.75, 3.05) is 0 Å². The van der Waals surface area contributed by atoms with Gasteiger partial charge in [-0.1, -0.05) is 12.1 Å². The minimum Gasteiger partial charge on any atom is -0.481 e. The van der Waals surface area contributed by atoms with E-state index in [1.807, 2.05) is 0 Å². The largest absolute Gasteiger partial charge is 0.481 e. The van der Waals surface area contributed by atoms with Crippen LogP contribution < -0.4 is 5.32 Å². The van der Waals surface area contributed by atoms with E-state index < -0.39 is 23.9 Å². The van der Waals surface area contributed by atoms with Gasteiger partial charge < -0.3 is 15.5 Å². The van der Waals surface area contributed by atoms with E-state index in [-0.39, 0.29) is 25.1 Å². The van der Waals surface area contributed by atoms with E-state index >= 15 is 0 Å². The molecule has 0 aliphatic heterocycles. The Balaban J connectivity index is 2.35. The van der Waals surface area contributed by atoms with Crippen molar-refractivity contribution in [2.24, 2.45) is 0 Å². The van der Waals surface area contributed by atoms with Crippen LogP contribution in [0.2, 0.25) is 0 Å². The van der Waals surface area contributed by atoms with Crippen LogP contribution in [-0.4, -0.2) is 34.1 Å². The molecule has 0 saturated heterocycles. The SMILES string of the molecule is O=C(O)CC[C@H](NC(=O)CCCc1ccc(F)cc1)C(=O)O. The maximum atomic E-state index is 12.7. The molecule has 1 amide bonds. The Kier molecular flexibility index (Phi) is 7.01. The summed E-state index contributed by atoms with van der Waals surface area (Å²) in [6, 6.07) is 4.72. The van der Waals surface area contributed by atoms with Crippen LogP contribution in [0.25, 0.3) is 0 Å². The standard InChI is InChI=1S/C15H18FNO5/c16-11-6-4-10(5-7-11)2-1-3-13(18)17-12(15(21)22)8-9-14(19)20/h4-7,12H,1-3,8-9H2,(H,17,18)(H,19,20)(H,21,22)/t12-/m0/s1. The molecule has 6 nitrogen and oxygen atoms in total. The fourth-order valence-corrected chi connectivity index (χ4v) is 1.90. The van der Waals surface area contributed by atoms with E-state index in [0.29, 0.717) is 12.8 Å². The minimum atomic E-state index is -1.26. The third-order valence-corrected chi connectivity index (χ3v) is 3.06. The molecule has 0 spiro atoms. The van der Waals surface area contributed by atoms with Crippen molar-refractivity contribution in [1.29, 1.82) is 0 Å². The molecular weight excluding hydrogens is 293 g/mol. The highest BCUT2D eigenvalue weighted by Crippen LogP contribution is 2.07. The van der Waals surface area contributed by atoms with Crippen LogP contribution in [0, 0.1) is 5.82 Å². The molecule has 0 bridgehead atoms. The molecule has 0 aromatic heterocycles. The zero-order valence-electron chi connectivity index (χ0n) is 11.9. The topological polar surface area (TPSA) is 104 Å². The third-order valence-electron chi connectivity index (χ3n) is 3.06. The molecule has 1 rings (SSSR count). The van der Waals surface area contributed by atoms with Crippen LogP contribution in [0.4, 0.5) is 4.39 Å². The summed E-state index contributed by atoms with van der Waals surface area (Å²) in [7, 11) is 0. The van der Waals surface area contributed by atoms with Crippen LogP contribution in [0.15, 0.2) is 24.3 Å². The zero-order valence-corrected chi connectivity index (χ0v) is 11.9. The van der Waals surface area contributed by atoms with Crippen LogP contribution in [0.5, 0.6) is 0 Å². The number of aryl methyl sites for hydroxylation is 1. The summed E-state index contributed by atoms with van der Waals surface area (Å²) in [5.74, 6) is -3.14. The van der Waals surface area contributed by atoms with Crippen molar-refractivity contribution in [3.05, 3.63) is 35.6 Å². The summed E-state index contributed by atoms with van der Waals surface area (Å²) in [6.45, 7) is 0. The number of nitrogens with one attached hydrogen (secondary N) is 1. The third kappa shape index (κ3) is 6.83. The first kappa shape index (κ1) is 17.6. The van der Waals surface area contributed by atoms with Crippen molar-refractivity contribution < 1.29 is 29.0 Å². The monoisotopic (exact) mass is 311 g/mol. The van der Waals surface area contributed by atoms with Crippen LogP contribution in [0.3, 0.4) is 0 Å². The maximum Gasteiger partial charge on any atom is 0.326 e. The van der Waals surface area contributed by atoms with Gasteiger partial charge in [0.05, 0.1) is 0 Å². The number of hydrogen-bond donors (Lipinski definition) is 3. The van der Waals surface area contributed by atoms with Gasteiger partial charge in [-0.3, -0.25) is 9.59 Å². The van der Waals surface area contributed by atoms with E-state index in [4.69, 9.17) is 10.2 Å². The molecule has 22 heavy (non-hydrogen) atoms. The summed E-state index contributed by atoms with van der Waals surface area (Å²) in [4.78, 5) is 33.0. The van der Waals surface area contributed by atoms with Gasteiger partial charge in [-0.05, 0) is 37.0 Å². The lowest BCUT2D eigenvalue weighted by molar-refractivity contribution is -0.143. The number of halogens is 1. The molecule has 1 atom stereocenters. The Morgan fingerprint density at radius 2 is 1.73 bits per heavy atom. The van der Waals surface area contributed by atoms with Gasteiger partial charge >= 0.3 is 11.9 Å². The summed E-state index contributed by atoms with van der Waals surface area (Å²) >= 11 is 0. The van der Waals surface area contributed by atoms with E-state index in [1.165, 1.54) is 12.1 Å². The van der Waals surface area contributed by atoms with Crippen molar-refractivity contribution in [2.45, 2.75) is 38.1 Å². The smallest absolute Gasteiger partial charge is 0.326 e. The van der Waals surface area contributed by atoms with Crippen LogP contribution >= 0.6 is 0 Å². The van der Waals surface area contributed by atoms with E-state index in [0.717, 1.165) is 5.56 Å². The van der Waals surface area contributed by atoms with Crippen molar-refractivity contribution in [3.8, 4) is 0 Å². The van der Waals surface area contributed by atoms with E-state index in [9.17, 15) is 18.8 Å². The second kappa shape index (κ2) is 8.76. The Hall–Kier alpha value is -2.44. The van der Waals surface area contributed by atoms with Crippen LogP contribution in [-0.2, 0) is 20.8 Å². The van der Waals surface area contributed by atoms with Gasteiger partial charge in [0.25, 0.3) is 0 Å². The Morgan fingerprint density at radius 1 is 1.09 bits per heavy atom. The Bertz CT molecular complexity index is 529. The second-order valence-corrected chi connectivity index (χ2v) is 4.87. The summed E-state index contributed by atoms with van der Waals surface area (Å²) in [5, 5.41) is 19.8. The second-order valence-electron chi connectivity index (χ2n) is 4.87. The van der Waals surface area contributed by atoms with Gasteiger partial charge in [-0.2, -0.15) is 0 Å². The zero-order chi connectivity index (χ0) is 16.5. The summed E-state index contributed by atoms with van der Waals surface area (Å²) in [6.07, 6.45) is 0.693. The first-order chi connectivity index (χ1) is 10.4. The van der Waals surface area contributed by atoms with Gasteiger partial charge in [-0.25, -0.2) is 9.18 Å². The minimum absolute atomic E-state index is 0.119. The number of carboxylic acid groups (broad SMARTS) is 2. The van der Waals surface area contributed by atoms with Crippen molar-refractivity contribution in [3.63, 3.8) is 0 Å². The number of amides is 1. The maximum absolute atomic E-state index is 12.7. The van der Waals surface area contributed by atoms with Crippen LogP contribution in [0.1, 0.15) is 31.2 Å². The summed E-state index contributed by atoms with van der Waals surface area (Å²) in [5.41, 5.74) is 0.884. The quantitative estimate of drug-likeness (QED) is 0.642. The average Bonchev–Trinajstić information content (AvgIpc) is 2.45. The molecule has 1 aromatic carbocycles.